The number of aromatic hydroxyl groups is 1. The van der Waals surface area contributed by atoms with Gasteiger partial charge in [-0.3, -0.25) is 0 Å². The van der Waals surface area contributed by atoms with Crippen LogP contribution in [0.1, 0.15) is 37.0 Å². The van der Waals surface area contributed by atoms with Crippen LogP contribution in [0, 0.1) is 5.82 Å². The number of aliphatic imine (C=N–C) groups is 1. The number of hydrogen-bond donors (Lipinski definition) is 2. The molecule has 0 saturated carbocycles. The highest BCUT2D eigenvalue weighted by Crippen LogP contribution is 2.53. The van der Waals surface area contributed by atoms with E-state index in [-0.39, 0.29) is 29.7 Å². The lowest BCUT2D eigenvalue weighted by atomic mass is 9.79. The van der Waals surface area contributed by atoms with E-state index in [0.29, 0.717) is 29.9 Å². The summed E-state index contributed by atoms with van der Waals surface area (Å²) in [6, 6.07) is 8.02. The van der Waals surface area contributed by atoms with E-state index in [1.54, 1.807) is 12.1 Å². The van der Waals surface area contributed by atoms with E-state index in [1.165, 1.54) is 12.1 Å². The largest absolute Gasteiger partial charge is 0.508 e. The van der Waals surface area contributed by atoms with E-state index >= 15 is 4.39 Å². The number of nitrogens with zero attached hydrogens (tertiary/aromatic N) is 1. The maximum absolute atomic E-state index is 15.2. The van der Waals surface area contributed by atoms with E-state index in [0.717, 1.165) is 11.1 Å². The average molecular weight is 396 g/mol. The molecule has 2 aromatic rings. The van der Waals surface area contributed by atoms with Crippen LogP contribution in [0.3, 0.4) is 0 Å². The van der Waals surface area contributed by atoms with Crippen LogP contribution < -0.4 is 10.5 Å². The zero-order chi connectivity index (χ0) is 20.4. The summed E-state index contributed by atoms with van der Waals surface area (Å²) in [4.78, 5) is 4.53. The zero-order valence-electron chi connectivity index (χ0n) is 16.2. The molecule has 2 aromatic carbocycles. The van der Waals surface area contributed by atoms with Gasteiger partial charge >= 0.3 is 0 Å². The summed E-state index contributed by atoms with van der Waals surface area (Å²) in [5.41, 5.74) is 7.29. The predicted octanol–water partition coefficient (Wildman–Crippen LogP) is 3.81. The molecular weight excluding hydrogens is 375 g/mol. The molecule has 0 fully saturated rings. The number of rotatable bonds is 1. The highest BCUT2D eigenvalue weighted by molar-refractivity contribution is 5.78. The molecule has 0 radical (unpaired) electrons. The molecule has 1 unspecified atom stereocenters. The van der Waals surface area contributed by atoms with Gasteiger partial charge in [0, 0.05) is 17.5 Å². The van der Waals surface area contributed by atoms with Crippen molar-refractivity contribution in [2.75, 3.05) is 13.2 Å². The lowest BCUT2D eigenvalue weighted by Gasteiger charge is -2.35. The van der Waals surface area contributed by atoms with Gasteiger partial charge in [-0.15, -0.1) is 0 Å². The number of hydrogen-bond acceptors (Lipinski definition) is 6. The van der Waals surface area contributed by atoms with Crippen molar-refractivity contribution in [1.82, 2.24) is 0 Å². The van der Waals surface area contributed by atoms with Gasteiger partial charge in [0.25, 0.3) is 6.02 Å². The second-order valence-electron chi connectivity index (χ2n) is 8.19. The Morgan fingerprint density at radius 3 is 2.72 bits per heavy atom. The first kappa shape index (κ1) is 18.0. The van der Waals surface area contributed by atoms with Gasteiger partial charge in [-0.25, -0.2) is 9.38 Å². The maximum atomic E-state index is 15.2. The Balaban J connectivity index is 1.72. The first-order valence-electron chi connectivity index (χ1n) is 9.44. The van der Waals surface area contributed by atoms with Gasteiger partial charge in [0.15, 0.2) is 17.1 Å². The van der Waals surface area contributed by atoms with Gasteiger partial charge in [-0.2, -0.15) is 0 Å². The van der Waals surface area contributed by atoms with Gasteiger partial charge in [0.1, 0.15) is 18.1 Å². The van der Waals surface area contributed by atoms with Crippen LogP contribution in [0.15, 0.2) is 41.4 Å². The zero-order valence-corrected chi connectivity index (χ0v) is 16.2. The number of benzene rings is 2. The third-order valence-corrected chi connectivity index (χ3v) is 5.63. The van der Waals surface area contributed by atoms with Gasteiger partial charge in [0.2, 0.25) is 0 Å². The molecule has 3 N–H and O–H groups in total. The summed E-state index contributed by atoms with van der Waals surface area (Å²) in [5.74, 6) is 0.0826. The second-order valence-corrected chi connectivity index (χ2v) is 8.19. The number of nitrogens with two attached hydrogens (primary N) is 1. The van der Waals surface area contributed by atoms with Crippen molar-refractivity contribution in [3.63, 3.8) is 0 Å². The summed E-state index contributed by atoms with van der Waals surface area (Å²) < 4.78 is 32.3. The Morgan fingerprint density at radius 1 is 1.17 bits per heavy atom. The normalized spacial score (nSPS) is 24.1. The lowest BCUT2D eigenvalue weighted by Crippen LogP contribution is -2.32. The molecular formula is C22H21FN2O4. The van der Waals surface area contributed by atoms with E-state index in [9.17, 15) is 5.11 Å². The van der Waals surface area contributed by atoms with E-state index in [2.05, 4.69) is 4.99 Å². The van der Waals surface area contributed by atoms with Gasteiger partial charge in [-0.05, 0) is 55.3 Å². The summed E-state index contributed by atoms with van der Waals surface area (Å²) in [6.45, 7) is 4.58. The minimum absolute atomic E-state index is 0.0179. The number of phenols is 1. The molecule has 150 valence electrons. The smallest absolute Gasteiger partial charge is 0.283 e. The van der Waals surface area contributed by atoms with E-state index in [4.69, 9.17) is 19.9 Å². The van der Waals surface area contributed by atoms with Crippen molar-refractivity contribution < 1.29 is 23.7 Å². The monoisotopic (exact) mass is 396 g/mol. The third-order valence-electron chi connectivity index (χ3n) is 5.63. The van der Waals surface area contributed by atoms with Crippen LogP contribution >= 0.6 is 0 Å². The highest BCUT2D eigenvalue weighted by Gasteiger charge is 2.48. The fraction of sp³-hybridized carbons (Fsp3) is 0.318. The summed E-state index contributed by atoms with van der Waals surface area (Å²) in [6.07, 6.45) is 2.61. The quantitative estimate of drug-likeness (QED) is 0.766. The molecule has 0 aromatic heterocycles. The SMILES string of the molecule is CC1(C)CC(c2cc(F)c3c(c2)C2(COC(N)=N2)c2cc(O)ccc2O3)=CCO1. The minimum atomic E-state index is -1.08. The Bertz CT molecular complexity index is 1090. The Morgan fingerprint density at radius 2 is 2.00 bits per heavy atom. The third kappa shape index (κ3) is 2.76. The molecule has 3 aliphatic heterocycles. The van der Waals surface area contributed by atoms with Crippen LogP contribution in [0.5, 0.6) is 17.2 Å². The molecule has 7 heteroatoms. The topological polar surface area (TPSA) is 86.3 Å². The van der Waals surface area contributed by atoms with Crippen LogP contribution in [-0.2, 0) is 15.0 Å². The first-order valence-corrected chi connectivity index (χ1v) is 9.44. The van der Waals surface area contributed by atoms with E-state index < -0.39 is 11.4 Å². The molecule has 3 heterocycles. The first-order chi connectivity index (χ1) is 13.8. The molecule has 5 rings (SSSR count). The van der Waals surface area contributed by atoms with Crippen LogP contribution in [0.2, 0.25) is 0 Å². The molecule has 0 aliphatic carbocycles. The van der Waals surface area contributed by atoms with Crippen molar-refractivity contribution in [1.29, 1.82) is 0 Å². The number of ether oxygens (including phenoxy) is 3. The van der Waals surface area contributed by atoms with Crippen molar-refractivity contribution in [2.45, 2.75) is 31.4 Å². The molecule has 1 spiro atoms. The second kappa shape index (κ2) is 5.97. The Kier molecular flexibility index (Phi) is 3.70. The predicted molar refractivity (Wildman–Crippen MR) is 106 cm³/mol. The van der Waals surface area contributed by atoms with Crippen LogP contribution in [0.25, 0.3) is 5.57 Å². The molecule has 0 bridgehead atoms. The van der Waals surface area contributed by atoms with Gasteiger partial charge in [0.05, 0.1) is 12.2 Å². The number of fused-ring (bicyclic) bond motifs is 4. The maximum Gasteiger partial charge on any atom is 0.283 e. The minimum Gasteiger partial charge on any atom is -0.508 e. The average Bonchev–Trinajstić information content (AvgIpc) is 3.05. The fourth-order valence-corrected chi connectivity index (χ4v) is 4.25. The Hall–Kier alpha value is -3.06. The Labute approximate surface area is 167 Å². The van der Waals surface area contributed by atoms with Gasteiger partial charge in [-0.1, -0.05) is 6.08 Å². The summed E-state index contributed by atoms with van der Waals surface area (Å²) >= 11 is 0. The van der Waals surface area contributed by atoms with Crippen molar-refractivity contribution in [3.05, 3.63) is 58.9 Å². The molecule has 0 amide bonds. The van der Waals surface area contributed by atoms with Crippen LogP contribution in [0.4, 0.5) is 4.39 Å². The van der Waals surface area contributed by atoms with Crippen LogP contribution in [-0.4, -0.2) is 29.9 Å². The number of phenolic OH excluding ortho intramolecular Hbond substituents is 1. The molecule has 3 aliphatic rings. The number of halogens is 1. The molecule has 1 atom stereocenters. The molecule has 29 heavy (non-hydrogen) atoms. The summed E-state index contributed by atoms with van der Waals surface area (Å²) in [7, 11) is 0. The number of amidine groups is 1. The summed E-state index contributed by atoms with van der Waals surface area (Å²) in [5, 5.41) is 10.0. The fourth-order valence-electron chi connectivity index (χ4n) is 4.25. The van der Waals surface area contributed by atoms with Crippen molar-refractivity contribution in [2.24, 2.45) is 10.7 Å². The highest BCUT2D eigenvalue weighted by atomic mass is 19.1. The standard InChI is InChI=1S/C22H21FN2O4/c1-21(2)10-12(5-6-28-21)13-7-16-19(17(23)8-13)29-18-4-3-14(26)9-15(18)22(16)11-27-20(24)25-22/h3-5,7-9,26H,6,10-11H2,1-2H3,(H2,24,25). The lowest BCUT2D eigenvalue weighted by molar-refractivity contribution is -0.00299. The molecule has 6 nitrogen and oxygen atoms in total. The van der Waals surface area contributed by atoms with Gasteiger partial charge < -0.3 is 25.1 Å². The van der Waals surface area contributed by atoms with Crippen molar-refractivity contribution in [3.8, 4) is 17.2 Å². The van der Waals surface area contributed by atoms with Crippen molar-refractivity contribution >= 4 is 11.6 Å². The van der Waals surface area contributed by atoms with E-state index in [1.807, 2.05) is 26.0 Å². The molecule has 0 saturated heterocycles.